The first-order chi connectivity index (χ1) is 10.6. The molecule has 0 bridgehead atoms. The standard InChI is InChI=1S/C14H20N4O4/c1-3-18-12(19)6-5-11(15-18)13(20)16-7-9-17(10-8-16)14(21)22-4-2/h5-6H,3-4,7-10H2,1-2H3. The highest BCUT2D eigenvalue weighted by atomic mass is 16.6. The molecule has 1 aliphatic rings. The second-order valence-electron chi connectivity index (χ2n) is 4.85. The molecule has 0 aliphatic carbocycles. The number of aryl methyl sites for hydroxylation is 1. The van der Waals surface area contributed by atoms with Crippen LogP contribution < -0.4 is 5.56 Å². The summed E-state index contributed by atoms with van der Waals surface area (Å²) in [5, 5.41) is 4.06. The van der Waals surface area contributed by atoms with Crippen LogP contribution in [0.1, 0.15) is 24.3 Å². The highest BCUT2D eigenvalue weighted by Crippen LogP contribution is 2.07. The Balaban J connectivity index is 2.00. The Morgan fingerprint density at radius 2 is 1.77 bits per heavy atom. The SMILES string of the molecule is CCOC(=O)N1CCN(C(=O)c2ccc(=O)n(CC)n2)CC1. The first-order valence-electron chi connectivity index (χ1n) is 7.36. The van der Waals surface area contributed by atoms with Crippen LogP contribution in [0.2, 0.25) is 0 Å². The van der Waals surface area contributed by atoms with Gasteiger partial charge in [-0.25, -0.2) is 9.48 Å². The highest BCUT2D eigenvalue weighted by molar-refractivity contribution is 5.92. The fourth-order valence-electron chi connectivity index (χ4n) is 2.26. The predicted octanol–water partition coefficient (Wildman–Crippen LogP) is 0.178. The van der Waals surface area contributed by atoms with Crippen LogP contribution in [0.15, 0.2) is 16.9 Å². The Kier molecular flexibility index (Phi) is 5.13. The van der Waals surface area contributed by atoms with E-state index in [4.69, 9.17) is 4.74 Å². The van der Waals surface area contributed by atoms with Crippen LogP contribution in [0.5, 0.6) is 0 Å². The molecule has 1 fully saturated rings. The van der Waals surface area contributed by atoms with Crippen LogP contribution in [0.3, 0.4) is 0 Å². The zero-order valence-corrected chi connectivity index (χ0v) is 12.8. The molecule has 8 heteroatoms. The van der Waals surface area contributed by atoms with Crippen molar-refractivity contribution in [2.45, 2.75) is 20.4 Å². The number of carbonyl (C=O) groups excluding carboxylic acids is 2. The van der Waals surface area contributed by atoms with Crippen LogP contribution in [-0.4, -0.2) is 64.4 Å². The van der Waals surface area contributed by atoms with Gasteiger partial charge in [-0.15, -0.1) is 0 Å². The van der Waals surface area contributed by atoms with E-state index >= 15 is 0 Å². The number of ether oxygens (including phenoxy) is 1. The summed E-state index contributed by atoms with van der Waals surface area (Å²) in [6, 6.07) is 2.78. The molecular weight excluding hydrogens is 288 g/mol. The lowest BCUT2D eigenvalue weighted by atomic mass is 10.2. The van der Waals surface area contributed by atoms with Crippen molar-refractivity contribution in [3.63, 3.8) is 0 Å². The van der Waals surface area contributed by atoms with Crippen molar-refractivity contribution in [1.29, 1.82) is 0 Å². The average Bonchev–Trinajstić information content (AvgIpc) is 2.55. The zero-order chi connectivity index (χ0) is 16.1. The lowest BCUT2D eigenvalue weighted by molar-refractivity contribution is 0.0564. The van der Waals surface area contributed by atoms with Crippen molar-refractivity contribution in [3.05, 3.63) is 28.2 Å². The smallest absolute Gasteiger partial charge is 0.409 e. The van der Waals surface area contributed by atoms with Crippen LogP contribution in [0.25, 0.3) is 0 Å². The quantitative estimate of drug-likeness (QED) is 0.795. The van der Waals surface area contributed by atoms with Gasteiger partial charge >= 0.3 is 6.09 Å². The number of amides is 2. The number of aromatic nitrogens is 2. The Morgan fingerprint density at radius 1 is 1.14 bits per heavy atom. The van der Waals surface area contributed by atoms with E-state index in [1.165, 1.54) is 16.8 Å². The van der Waals surface area contributed by atoms with Gasteiger partial charge in [0.2, 0.25) is 0 Å². The van der Waals surface area contributed by atoms with Gasteiger partial charge in [-0.3, -0.25) is 9.59 Å². The third kappa shape index (κ3) is 3.44. The van der Waals surface area contributed by atoms with Gasteiger partial charge in [0.05, 0.1) is 6.61 Å². The monoisotopic (exact) mass is 308 g/mol. The summed E-state index contributed by atoms with van der Waals surface area (Å²) in [5.41, 5.74) is 0.0113. The fraction of sp³-hybridized carbons (Fsp3) is 0.571. The molecule has 1 saturated heterocycles. The number of nitrogens with zero attached hydrogens (tertiary/aromatic N) is 4. The summed E-state index contributed by atoms with van der Waals surface area (Å²) in [4.78, 5) is 38.7. The third-order valence-electron chi connectivity index (χ3n) is 3.48. The highest BCUT2D eigenvalue weighted by Gasteiger charge is 2.26. The number of piperazine rings is 1. The van der Waals surface area contributed by atoms with Gasteiger partial charge in [-0.1, -0.05) is 0 Å². The Bertz CT molecular complexity index is 605. The normalized spacial score (nSPS) is 14.8. The molecule has 0 spiro atoms. The Labute approximate surface area is 128 Å². The summed E-state index contributed by atoms with van der Waals surface area (Å²) in [7, 11) is 0. The minimum Gasteiger partial charge on any atom is -0.450 e. The van der Waals surface area contributed by atoms with Gasteiger partial charge in [0.15, 0.2) is 0 Å². The summed E-state index contributed by atoms with van der Waals surface area (Å²) in [6.45, 7) is 6.00. The van der Waals surface area contributed by atoms with E-state index in [1.807, 2.05) is 0 Å². The van der Waals surface area contributed by atoms with Crippen LogP contribution in [0, 0.1) is 0 Å². The minimum atomic E-state index is -0.354. The Morgan fingerprint density at radius 3 is 2.36 bits per heavy atom. The number of carbonyl (C=O) groups is 2. The minimum absolute atomic E-state index is 0.230. The molecule has 22 heavy (non-hydrogen) atoms. The number of rotatable bonds is 3. The van der Waals surface area contributed by atoms with Gasteiger partial charge in [-0.05, 0) is 19.9 Å². The molecule has 0 unspecified atom stereocenters. The molecule has 0 radical (unpaired) electrons. The molecule has 1 aromatic heterocycles. The zero-order valence-electron chi connectivity index (χ0n) is 12.8. The fourth-order valence-corrected chi connectivity index (χ4v) is 2.26. The first kappa shape index (κ1) is 16.0. The molecule has 2 heterocycles. The lowest BCUT2D eigenvalue weighted by Crippen LogP contribution is -2.51. The maximum atomic E-state index is 12.4. The van der Waals surface area contributed by atoms with Crippen molar-refractivity contribution in [1.82, 2.24) is 19.6 Å². The van der Waals surface area contributed by atoms with E-state index in [9.17, 15) is 14.4 Å². The number of hydrogen-bond acceptors (Lipinski definition) is 5. The number of hydrogen-bond donors (Lipinski definition) is 0. The summed E-state index contributed by atoms with van der Waals surface area (Å²) in [5.74, 6) is -0.231. The molecule has 0 aromatic carbocycles. The molecule has 0 saturated carbocycles. The molecular formula is C14H20N4O4. The molecule has 8 nitrogen and oxygen atoms in total. The maximum Gasteiger partial charge on any atom is 0.409 e. The Hall–Kier alpha value is -2.38. The average molecular weight is 308 g/mol. The van der Waals surface area contributed by atoms with E-state index in [-0.39, 0.29) is 23.3 Å². The van der Waals surface area contributed by atoms with Crippen molar-refractivity contribution in [3.8, 4) is 0 Å². The van der Waals surface area contributed by atoms with E-state index in [0.29, 0.717) is 39.3 Å². The molecule has 2 amide bonds. The molecule has 0 atom stereocenters. The topological polar surface area (TPSA) is 84.7 Å². The third-order valence-corrected chi connectivity index (χ3v) is 3.48. The van der Waals surface area contributed by atoms with Gasteiger partial charge in [-0.2, -0.15) is 5.10 Å². The van der Waals surface area contributed by atoms with Crippen molar-refractivity contribution in [2.75, 3.05) is 32.8 Å². The molecule has 1 aliphatic heterocycles. The van der Waals surface area contributed by atoms with E-state index in [1.54, 1.807) is 23.6 Å². The summed E-state index contributed by atoms with van der Waals surface area (Å²) >= 11 is 0. The van der Waals surface area contributed by atoms with E-state index < -0.39 is 0 Å². The summed E-state index contributed by atoms with van der Waals surface area (Å²) in [6.07, 6.45) is -0.354. The van der Waals surface area contributed by atoms with Gasteiger partial charge < -0.3 is 14.5 Å². The van der Waals surface area contributed by atoms with Crippen LogP contribution in [0.4, 0.5) is 4.79 Å². The largest absolute Gasteiger partial charge is 0.450 e. The first-order valence-corrected chi connectivity index (χ1v) is 7.36. The maximum absolute atomic E-state index is 12.4. The van der Waals surface area contributed by atoms with Crippen molar-refractivity contribution in [2.24, 2.45) is 0 Å². The van der Waals surface area contributed by atoms with Crippen molar-refractivity contribution < 1.29 is 14.3 Å². The molecule has 2 rings (SSSR count). The van der Waals surface area contributed by atoms with Crippen molar-refractivity contribution >= 4 is 12.0 Å². The van der Waals surface area contributed by atoms with Gasteiger partial charge in [0.25, 0.3) is 11.5 Å². The van der Waals surface area contributed by atoms with E-state index in [0.717, 1.165) is 0 Å². The lowest BCUT2D eigenvalue weighted by Gasteiger charge is -2.33. The molecule has 0 N–H and O–H groups in total. The molecule has 1 aromatic rings. The second kappa shape index (κ2) is 7.06. The molecule has 120 valence electrons. The second-order valence-corrected chi connectivity index (χ2v) is 4.85. The van der Waals surface area contributed by atoms with Gasteiger partial charge in [0.1, 0.15) is 5.69 Å². The predicted molar refractivity (Wildman–Crippen MR) is 78.7 cm³/mol. The summed E-state index contributed by atoms with van der Waals surface area (Å²) < 4.78 is 6.19. The van der Waals surface area contributed by atoms with Crippen LogP contribution in [-0.2, 0) is 11.3 Å². The van der Waals surface area contributed by atoms with E-state index in [2.05, 4.69) is 5.10 Å². The van der Waals surface area contributed by atoms with Gasteiger partial charge in [0, 0.05) is 38.8 Å². The van der Waals surface area contributed by atoms with Crippen LogP contribution >= 0.6 is 0 Å².